The number of amides is 1. The Kier molecular flexibility index (Phi) is 5.37. The fourth-order valence-electron chi connectivity index (χ4n) is 2.94. The lowest BCUT2D eigenvalue weighted by atomic mass is 10.1. The van der Waals surface area contributed by atoms with Crippen LogP contribution >= 0.6 is 11.6 Å². The predicted molar refractivity (Wildman–Crippen MR) is 105 cm³/mol. The smallest absolute Gasteiger partial charge is 0.241 e. The Morgan fingerprint density at radius 2 is 1.60 bits per heavy atom. The Balaban J connectivity index is 1.71. The quantitative estimate of drug-likeness (QED) is 0.665. The van der Waals surface area contributed by atoms with E-state index in [0.29, 0.717) is 5.02 Å². The lowest BCUT2D eigenvalue weighted by molar-refractivity contribution is -0.117. The van der Waals surface area contributed by atoms with E-state index >= 15 is 0 Å². The van der Waals surface area contributed by atoms with Gasteiger partial charge in [-0.25, -0.2) is 0 Å². The Hall–Kier alpha value is -2.36. The normalized spacial score (nSPS) is 13.4. The molecular weight excluding hydrogens is 332 g/mol. The molecule has 3 aromatic rings. The van der Waals surface area contributed by atoms with Gasteiger partial charge in [-0.2, -0.15) is 0 Å². The molecule has 128 valence electrons. The number of nitrogens with one attached hydrogen (secondary N) is 2. The van der Waals surface area contributed by atoms with E-state index in [1.165, 1.54) is 0 Å². The van der Waals surface area contributed by atoms with Crippen LogP contribution in [0.2, 0.25) is 5.02 Å². The third-order valence-electron chi connectivity index (χ3n) is 4.31. The van der Waals surface area contributed by atoms with Gasteiger partial charge in [-0.15, -0.1) is 0 Å². The van der Waals surface area contributed by atoms with Crippen LogP contribution in [0.5, 0.6) is 0 Å². The van der Waals surface area contributed by atoms with Crippen LogP contribution in [0, 0.1) is 0 Å². The van der Waals surface area contributed by atoms with Gasteiger partial charge < -0.3 is 5.32 Å². The second-order valence-corrected chi connectivity index (χ2v) is 6.55. The molecular formula is C21H21ClN2O. The van der Waals surface area contributed by atoms with Crippen LogP contribution in [-0.4, -0.2) is 11.9 Å². The van der Waals surface area contributed by atoms with Gasteiger partial charge in [-0.1, -0.05) is 66.2 Å². The van der Waals surface area contributed by atoms with E-state index in [2.05, 4.69) is 10.6 Å². The number of anilines is 1. The van der Waals surface area contributed by atoms with Crippen molar-refractivity contribution in [3.8, 4) is 0 Å². The summed E-state index contributed by atoms with van der Waals surface area (Å²) in [5.41, 5.74) is 1.80. The minimum Gasteiger partial charge on any atom is -0.324 e. The Bertz CT molecular complexity index is 888. The van der Waals surface area contributed by atoms with Crippen LogP contribution in [0.3, 0.4) is 0 Å². The summed E-state index contributed by atoms with van der Waals surface area (Å²) in [5.74, 6) is -0.0738. The number of benzene rings is 3. The third kappa shape index (κ3) is 4.01. The number of hydrogen-bond acceptors (Lipinski definition) is 2. The monoisotopic (exact) mass is 352 g/mol. The van der Waals surface area contributed by atoms with Crippen molar-refractivity contribution in [3.63, 3.8) is 0 Å². The van der Waals surface area contributed by atoms with Gasteiger partial charge in [-0.3, -0.25) is 10.1 Å². The molecule has 0 radical (unpaired) electrons. The Labute approximate surface area is 153 Å². The average molecular weight is 353 g/mol. The number of carbonyl (C=O) groups excluding carboxylic acids is 1. The summed E-state index contributed by atoms with van der Waals surface area (Å²) < 4.78 is 0. The molecule has 0 saturated carbocycles. The van der Waals surface area contributed by atoms with Gasteiger partial charge in [0.2, 0.25) is 5.91 Å². The molecule has 0 fully saturated rings. The molecule has 3 aromatic carbocycles. The van der Waals surface area contributed by atoms with Crippen molar-refractivity contribution in [3.05, 3.63) is 77.3 Å². The first-order chi connectivity index (χ1) is 12.1. The van der Waals surface area contributed by atoms with Crippen LogP contribution in [0.1, 0.15) is 25.5 Å². The highest BCUT2D eigenvalue weighted by Gasteiger charge is 2.18. The summed E-state index contributed by atoms with van der Waals surface area (Å²) in [6, 6.07) is 21.2. The maximum absolute atomic E-state index is 12.6. The lowest BCUT2D eigenvalue weighted by Gasteiger charge is -2.21. The van der Waals surface area contributed by atoms with Crippen molar-refractivity contribution >= 4 is 34.0 Å². The van der Waals surface area contributed by atoms with E-state index in [4.69, 9.17) is 11.6 Å². The molecule has 1 amide bonds. The topological polar surface area (TPSA) is 41.1 Å². The molecule has 4 heteroatoms. The van der Waals surface area contributed by atoms with Crippen molar-refractivity contribution in [2.45, 2.75) is 25.9 Å². The molecule has 0 aromatic heterocycles. The molecule has 0 spiro atoms. The highest BCUT2D eigenvalue weighted by atomic mass is 35.5. The van der Waals surface area contributed by atoms with Crippen LogP contribution < -0.4 is 10.6 Å². The summed E-state index contributed by atoms with van der Waals surface area (Å²) in [6.45, 7) is 3.86. The summed E-state index contributed by atoms with van der Waals surface area (Å²) in [4.78, 5) is 12.6. The largest absolute Gasteiger partial charge is 0.324 e. The second kappa shape index (κ2) is 7.68. The lowest BCUT2D eigenvalue weighted by Crippen LogP contribution is -2.39. The van der Waals surface area contributed by atoms with E-state index in [0.717, 1.165) is 22.0 Å². The number of hydrogen-bond donors (Lipinski definition) is 2. The van der Waals surface area contributed by atoms with Crippen molar-refractivity contribution in [1.82, 2.24) is 5.32 Å². The summed E-state index contributed by atoms with van der Waals surface area (Å²) in [7, 11) is 0. The molecule has 0 aliphatic carbocycles. The summed E-state index contributed by atoms with van der Waals surface area (Å²) in [6.07, 6.45) is 0. The zero-order chi connectivity index (χ0) is 17.8. The molecule has 25 heavy (non-hydrogen) atoms. The summed E-state index contributed by atoms with van der Waals surface area (Å²) in [5, 5.41) is 9.16. The molecule has 2 unspecified atom stereocenters. The average Bonchev–Trinajstić information content (AvgIpc) is 2.62. The van der Waals surface area contributed by atoms with Gasteiger partial charge in [-0.05, 0) is 36.9 Å². The highest BCUT2D eigenvalue weighted by molar-refractivity contribution is 6.31. The molecule has 3 rings (SSSR count). The van der Waals surface area contributed by atoms with Crippen LogP contribution in [-0.2, 0) is 4.79 Å². The zero-order valence-corrected chi connectivity index (χ0v) is 15.0. The summed E-state index contributed by atoms with van der Waals surface area (Å²) >= 11 is 6.24. The van der Waals surface area contributed by atoms with E-state index in [9.17, 15) is 4.79 Å². The van der Waals surface area contributed by atoms with Gasteiger partial charge in [0.15, 0.2) is 0 Å². The fourth-order valence-corrected chi connectivity index (χ4v) is 3.24. The maximum Gasteiger partial charge on any atom is 0.241 e. The molecule has 2 N–H and O–H groups in total. The van der Waals surface area contributed by atoms with Crippen molar-refractivity contribution in [2.24, 2.45) is 0 Å². The van der Waals surface area contributed by atoms with Crippen molar-refractivity contribution < 1.29 is 4.79 Å². The zero-order valence-electron chi connectivity index (χ0n) is 14.3. The number of fused-ring (bicyclic) bond motifs is 1. The standard InChI is InChI=1S/C21H21ClN2O/c1-14(17-10-5-6-12-19(17)22)23-15(2)21(25)24-20-13-7-9-16-8-3-4-11-18(16)20/h3-15,23H,1-2H3,(H,24,25). The fraction of sp³-hybridized carbons (Fsp3) is 0.190. The highest BCUT2D eigenvalue weighted by Crippen LogP contribution is 2.24. The first-order valence-electron chi connectivity index (χ1n) is 8.35. The minimum absolute atomic E-state index is 0.0260. The molecule has 0 aliphatic rings. The maximum atomic E-state index is 12.6. The van der Waals surface area contributed by atoms with E-state index in [1.54, 1.807) is 0 Å². The van der Waals surface area contributed by atoms with Gasteiger partial charge in [0.05, 0.1) is 6.04 Å². The molecule has 2 atom stereocenters. The van der Waals surface area contributed by atoms with Crippen LogP contribution in [0.4, 0.5) is 5.69 Å². The van der Waals surface area contributed by atoms with Gasteiger partial charge in [0.1, 0.15) is 0 Å². The predicted octanol–water partition coefficient (Wildman–Crippen LogP) is 5.17. The SMILES string of the molecule is CC(NC(C)c1ccccc1Cl)C(=O)Nc1cccc2ccccc12. The van der Waals surface area contributed by atoms with Gasteiger partial charge >= 0.3 is 0 Å². The molecule has 0 bridgehead atoms. The minimum atomic E-state index is -0.356. The number of carbonyl (C=O) groups is 1. The van der Waals surface area contributed by atoms with Crippen molar-refractivity contribution in [1.29, 1.82) is 0 Å². The second-order valence-electron chi connectivity index (χ2n) is 6.15. The molecule has 0 saturated heterocycles. The molecule has 0 heterocycles. The van der Waals surface area contributed by atoms with E-state index < -0.39 is 0 Å². The van der Waals surface area contributed by atoms with Crippen LogP contribution in [0.25, 0.3) is 10.8 Å². The molecule has 0 aliphatic heterocycles. The van der Waals surface area contributed by atoms with Crippen molar-refractivity contribution in [2.75, 3.05) is 5.32 Å². The van der Waals surface area contributed by atoms with E-state index in [-0.39, 0.29) is 18.0 Å². The van der Waals surface area contributed by atoms with Gasteiger partial charge in [0.25, 0.3) is 0 Å². The first kappa shape index (κ1) is 17.5. The van der Waals surface area contributed by atoms with Gasteiger partial charge in [0, 0.05) is 22.1 Å². The third-order valence-corrected chi connectivity index (χ3v) is 4.66. The Morgan fingerprint density at radius 3 is 2.40 bits per heavy atom. The number of halogens is 1. The Morgan fingerprint density at radius 1 is 0.920 bits per heavy atom. The first-order valence-corrected chi connectivity index (χ1v) is 8.73. The number of rotatable bonds is 5. The van der Waals surface area contributed by atoms with Crippen LogP contribution in [0.15, 0.2) is 66.7 Å². The molecule has 3 nitrogen and oxygen atoms in total. The van der Waals surface area contributed by atoms with E-state index in [1.807, 2.05) is 80.6 Å².